The molecule has 1 aromatic rings. The van der Waals surface area contributed by atoms with Crippen molar-refractivity contribution in [1.29, 1.82) is 0 Å². The largest absolute Gasteiger partial charge is 0.463 e. The van der Waals surface area contributed by atoms with E-state index < -0.39 is 17.9 Å². The van der Waals surface area contributed by atoms with Crippen LogP contribution in [0.15, 0.2) is 18.2 Å². The van der Waals surface area contributed by atoms with Gasteiger partial charge in [0.25, 0.3) is 0 Å². The third-order valence-corrected chi connectivity index (χ3v) is 4.34. The maximum absolute atomic E-state index is 12.5. The van der Waals surface area contributed by atoms with E-state index in [0.717, 1.165) is 0 Å². The number of hydrogen-bond donors (Lipinski definition) is 0. The smallest absolute Gasteiger partial charge is 0.338 e. The fourth-order valence-electron chi connectivity index (χ4n) is 2.43. The van der Waals surface area contributed by atoms with Crippen LogP contribution in [0, 0.1) is 0 Å². The maximum Gasteiger partial charge on any atom is 0.338 e. The second kappa shape index (κ2) is 8.26. The van der Waals surface area contributed by atoms with Gasteiger partial charge in [0.05, 0.1) is 37.4 Å². The monoisotopic (exact) mass is 392 g/mol. The van der Waals surface area contributed by atoms with Crippen LogP contribution in [0.5, 0.6) is 0 Å². The molecule has 4 rings (SSSR count). The van der Waals surface area contributed by atoms with E-state index in [1.165, 1.54) is 18.2 Å². The topological polar surface area (TPSA) is 116 Å². The second-order valence-corrected chi connectivity index (χ2v) is 6.79. The van der Waals surface area contributed by atoms with Crippen molar-refractivity contribution in [3.05, 3.63) is 34.9 Å². The molecule has 0 spiro atoms. The van der Waals surface area contributed by atoms with Crippen LogP contribution in [0.2, 0.25) is 0 Å². The van der Waals surface area contributed by atoms with Crippen molar-refractivity contribution in [3.63, 3.8) is 0 Å². The van der Waals surface area contributed by atoms with Crippen molar-refractivity contribution >= 4 is 17.9 Å². The summed E-state index contributed by atoms with van der Waals surface area (Å²) in [6.07, 6.45) is -0.318. The summed E-state index contributed by atoms with van der Waals surface area (Å²) in [5, 5.41) is 0. The van der Waals surface area contributed by atoms with E-state index in [9.17, 15) is 14.4 Å². The molecule has 28 heavy (non-hydrogen) atoms. The number of esters is 3. The third-order valence-electron chi connectivity index (χ3n) is 4.34. The molecule has 0 radical (unpaired) electrons. The van der Waals surface area contributed by atoms with Gasteiger partial charge in [0.15, 0.2) is 0 Å². The first-order valence-corrected chi connectivity index (χ1v) is 9.06. The van der Waals surface area contributed by atoms with E-state index in [2.05, 4.69) is 0 Å². The average molecular weight is 392 g/mol. The Balaban J connectivity index is 1.44. The Labute approximate surface area is 160 Å². The summed E-state index contributed by atoms with van der Waals surface area (Å²) in [5.74, 6) is -1.70. The lowest BCUT2D eigenvalue weighted by Crippen LogP contribution is -2.18. The van der Waals surface area contributed by atoms with E-state index in [4.69, 9.17) is 28.4 Å². The van der Waals surface area contributed by atoms with Crippen molar-refractivity contribution < 1.29 is 42.8 Å². The van der Waals surface area contributed by atoms with Gasteiger partial charge in [-0.15, -0.1) is 0 Å². The molecule has 150 valence electrons. The Kier molecular flexibility index (Phi) is 5.56. The van der Waals surface area contributed by atoms with Gasteiger partial charge in [-0.2, -0.15) is 0 Å². The molecule has 3 heterocycles. The van der Waals surface area contributed by atoms with Gasteiger partial charge in [0, 0.05) is 0 Å². The summed E-state index contributed by atoms with van der Waals surface area (Å²) < 4.78 is 30.5. The molecule has 3 unspecified atom stereocenters. The Morgan fingerprint density at radius 2 is 1.36 bits per heavy atom. The van der Waals surface area contributed by atoms with Gasteiger partial charge in [0.1, 0.15) is 38.1 Å². The van der Waals surface area contributed by atoms with E-state index >= 15 is 0 Å². The molecule has 3 saturated heterocycles. The minimum atomic E-state index is -0.635. The van der Waals surface area contributed by atoms with Crippen molar-refractivity contribution in [2.75, 3.05) is 39.6 Å². The van der Waals surface area contributed by atoms with Crippen LogP contribution >= 0.6 is 0 Å². The number of rotatable bonds is 10. The van der Waals surface area contributed by atoms with Crippen LogP contribution < -0.4 is 0 Å². The molecule has 0 bridgehead atoms. The summed E-state index contributed by atoms with van der Waals surface area (Å²) in [5.41, 5.74) is 0.724. The van der Waals surface area contributed by atoms with E-state index in [1.807, 2.05) is 0 Å². The first kappa shape index (κ1) is 18.9. The molecule has 3 aliphatic heterocycles. The molecule has 0 N–H and O–H groups in total. The molecule has 3 aliphatic rings. The molecule has 3 fully saturated rings. The molecule has 1 aromatic carbocycles. The first-order valence-electron chi connectivity index (χ1n) is 9.06. The molecular weight excluding hydrogens is 372 g/mol. The van der Waals surface area contributed by atoms with Crippen LogP contribution in [0.1, 0.15) is 26.3 Å². The van der Waals surface area contributed by atoms with Gasteiger partial charge in [-0.25, -0.2) is 9.59 Å². The van der Waals surface area contributed by atoms with Gasteiger partial charge in [0.2, 0.25) is 0 Å². The van der Waals surface area contributed by atoms with Gasteiger partial charge in [-0.3, -0.25) is 4.79 Å². The standard InChI is InChI=1S/C19H20O9/c20-17(26-8-13-5-23-13)4-11-1-2-12(18(21)27-9-14-6-24-14)3-16(11)19(22)28-10-15-7-25-15/h1-3,13-15H,4-10H2. The van der Waals surface area contributed by atoms with Crippen LogP contribution in [0.25, 0.3) is 0 Å². The van der Waals surface area contributed by atoms with E-state index in [-0.39, 0.29) is 55.7 Å². The summed E-state index contributed by atoms with van der Waals surface area (Å²) in [6.45, 7) is 2.17. The average Bonchev–Trinajstić information content (AvgIpc) is 3.56. The lowest BCUT2D eigenvalue weighted by molar-refractivity contribution is -0.143. The van der Waals surface area contributed by atoms with Gasteiger partial charge in [-0.05, 0) is 17.7 Å². The Morgan fingerprint density at radius 1 is 0.821 bits per heavy atom. The highest BCUT2D eigenvalue weighted by Gasteiger charge is 2.28. The Hall–Kier alpha value is -2.49. The lowest BCUT2D eigenvalue weighted by atomic mass is 10.0. The van der Waals surface area contributed by atoms with Crippen LogP contribution in [0.4, 0.5) is 0 Å². The molecular formula is C19H20O9. The van der Waals surface area contributed by atoms with Gasteiger partial charge >= 0.3 is 17.9 Å². The number of epoxide rings is 3. The number of carbonyl (C=O) groups is 3. The zero-order valence-electron chi connectivity index (χ0n) is 15.1. The van der Waals surface area contributed by atoms with Crippen LogP contribution in [-0.2, 0) is 39.6 Å². The summed E-state index contributed by atoms with van der Waals surface area (Å²) in [6, 6.07) is 4.41. The third kappa shape index (κ3) is 5.51. The lowest BCUT2D eigenvalue weighted by Gasteiger charge is -2.11. The minimum absolute atomic E-state index is 0.0421. The normalized spacial score (nSPS) is 24.2. The number of benzene rings is 1. The van der Waals surface area contributed by atoms with E-state index in [0.29, 0.717) is 25.4 Å². The van der Waals surface area contributed by atoms with Crippen LogP contribution in [0.3, 0.4) is 0 Å². The number of hydrogen-bond acceptors (Lipinski definition) is 9. The Bertz CT molecular complexity index is 763. The molecule has 9 heteroatoms. The summed E-state index contributed by atoms with van der Waals surface area (Å²) in [7, 11) is 0. The zero-order chi connectivity index (χ0) is 19.5. The Morgan fingerprint density at radius 3 is 1.93 bits per heavy atom. The number of carbonyl (C=O) groups excluding carboxylic acids is 3. The molecule has 0 amide bonds. The first-order chi connectivity index (χ1) is 13.6. The quantitative estimate of drug-likeness (QED) is 0.314. The molecule has 0 aliphatic carbocycles. The van der Waals surface area contributed by atoms with Gasteiger partial charge in [-0.1, -0.05) is 6.07 Å². The molecule has 0 saturated carbocycles. The van der Waals surface area contributed by atoms with Crippen molar-refractivity contribution in [2.24, 2.45) is 0 Å². The SMILES string of the molecule is O=C(Cc1ccc(C(=O)OCC2CO2)cc1C(=O)OCC1CO1)OCC1CO1. The fourth-order valence-corrected chi connectivity index (χ4v) is 2.43. The highest BCUT2D eigenvalue weighted by molar-refractivity contribution is 5.97. The molecule has 9 nitrogen and oxygen atoms in total. The van der Waals surface area contributed by atoms with Crippen molar-refractivity contribution in [3.8, 4) is 0 Å². The zero-order valence-corrected chi connectivity index (χ0v) is 15.1. The van der Waals surface area contributed by atoms with Crippen molar-refractivity contribution in [2.45, 2.75) is 24.7 Å². The van der Waals surface area contributed by atoms with Crippen LogP contribution in [-0.4, -0.2) is 75.9 Å². The predicted molar refractivity (Wildman–Crippen MR) is 90.9 cm³/mol. The van der Waals surface area contributed by atoms with Gasteiger partial charge < -0.3 is 28.4 Å². The minimum Gasteiger partial charge on any atom is -0.463 e. The summed E-state index contributed by atoms with van der Waals surface area (Å²) in [4.78, 5) is 36.7. The second-order valence-electron chi connectivity index (χ2n) is 6.79. The highest BCUT2D eigenvalue weighted by Crippen LogP contribution is 2.19. The fraction of sp³-hybridized carbons (Fsp3) is 0.526. The summed E-state index contributed by atoms with van der Waals surface area (Å²) >= 11 is 0. The predicted octanol–water partition coefficient (Wildman–Crippen LogP) is 0.282. The van der Waals surface area contributed by atoms with Crippen molar-refractivity contribution in [1.82, 2.24) is 0 Å². The maximum atomic E-state index is 12.5. The highest BCUT2D eigenvalue weighted by atomic mass is 16.6. The number of ether oxygens (including phenoxy) is 6. The molecule has 0 aromatic heterocycles. The molecule has 3 atom stereocenters. The van der Waals surface area contributed by atoms with E-state index in [1.54, 1.807) is 0 Å².